The van der Waals surface area contributed by atoms with Crippen LogP contribution in [-0.2, 0) is 0 Å². The summed E-state index contributed by atoms with van der Waals surface area (Å²) in [5.74, 6) is 0.847. The van der Waals surface area contributed by atoms with E-state index in [-0.39, 0.29) is 12.6 Å². The van der Waals surface area contributed by atoms with Crippen LogP contribution >= 0.6 is 0 Å². The minimum Gasteiger partial charge on any atom is -0.394 e. The Morgan fingerprint density at radius 1 is 1.00 bits per heavy atom. The molecule has 2 aromatic carbocycles. The highest BCUT2D eigenvalue weighted by Gasteiger charge is 2.11. The number of aliphatic hydroxyl groups is 1. The van der Waals surface area contributed by atoms with E-state index in [1.54, 1.807) is 0 Å². The molecule has 102 valence electrons. The van der Waals surface area contributed by atoms with Crippen LogP contribution in [0.5, 0.6) is 0 Å². The fraction of sp³-hybridized carbons (Fsp3) is 0.235. The zero-order chi connectivity index (χ0) is 13.9. The van der Waals surface area contributed by atoms with Crippen molar-refractivity contribution in [2.75, 3.05) is 11.9 Å². The molecule has 3 heteroatoms. The van der Waals surface area contributed by atoms with Crippen LogP contribution in [-0.4, -0.2) is 22.7 Å². The number of aromatic nitrogens is 1. The molecule has 3 rings (SSSR count). The van der Waals surface area contributed by atoms with Crippen molar-refractivity contribution >= 4 is 27.5 Å². The zero-order valence-electron chi connectivity index (χ0n) is 11.5. The number of nitrogens with zero attached hydrogens (tertiary/aromatic N) is 1. The predicted molar refractivity (Wildman–Crippen MR) is 84.0 cm³/mol. The number of para-hydroxylation sites is 1. The van der Waals surface area contributed by atoms with Crippen molar-refractivity contribution in [1.29, 1.82) is 0 Å². The maximum absolute atomic E-state index is 9.38. The van der Waals surface area contributed by atoms with Crippen LogP contribution in [0, 0.1) is 0 Å². The fourth-order valence-corrected chi connectivity index (χ4v) is 2.48. The molecule has 0 aliphatic heterocycles. The highest BCUT2D eigenvalue weighted by atomic mass is 16.3. The molecule has 0 fully saturated rings. The summed E-state index contributed by atoms with van der Waals surface area (Å²) in [4.78, 5) is 4.72. The average Bonchev–Trinajstić information content (AvgIpc) is 2.52. The first kappa shape index (κ1) is 12.9. The lowest BCUT2D eigenvalue weighted by atomic mass is 10.1. The quantitative estimate of drug-likeness (QED) is 0.710. The van der Waals surface area contributed by atoms with E-state index in [1.165, 1.54) is 5.39 Å². The monoisotopic (exact) mass is 266 g/mol. The molecule has 0 unspecified atom stereocenters. The summed E-state index contributed by atoms with van der Waals surface area (Å²) < 4.78 is 0. The first-order chi connectivity index (χ1) is 9.83. The molecule has 0 amide bonds. The summed E-state index contributed by atoms with van der Waals surface area (Å²) >= 11 is 0. The van der Waals surface area contributed by atoms with E-state index in [0.717, 1.165) is 28.5 Å². The Labute approximate surface area is 118 Å². The third-order valence-electron chi connectivity index (χ3n) is 3.66. The molecule has 0 spiro atoms. The summed E-state index contributed by atoms with van der Waals surface area (Å²) in [6, 6.07) is 16.4. The number of benzene rings is 2. The van der Waals surface area contributed by atoms with Gasteiger partial charge >= 0.3 is 0 Å². The van der Waals surface area contributed by atoms with E-state index >= 15 is 0 Å². The SMILES string of the molecule is CC[C@H](CO)Nc1nc2ccccc2c2ccccc12. The Bertz CT molecular complexity index is 735. The van der Waals surface area contributed by atoms with Crippen LogP contribution in [0.2, 0.25) is 0 Å². The van der Waals surface area contributed by atoms with Gasteiger partial charge in [0.25, 0.3) is 0 Å². The lowest BCUT2D eigenvalue weighted by Gasteiger charge is -2.17. The van der Waals surface area contributed by atoms with Crippen molar-refractivity contribution in [2.45, 2.75) is 19.4 Å². The largest absolute Gasteiger partial charge is 0.394 e. The molecule has 0 aliphatic rings. The normalized spacial score (nSPS) is 12.7. The van der Waals surface area contributed by atoms with Crippen LogP contribution in [0.1, 0.15) is 13.3 Å². The molecule has 0 bridgehead atoms. The molecule has 20 heavy (non-hydrogen) atoms. The lowest BCUT2D eigenvalue weighted by molar-refractivity contribution is 0.271. The van der Waals surface area contributed by atoms with Gasteiger partial charge in [-0.2, -0.15) is 0 Å². The van der Waals surface area contributed by atoms with Crippen LogP contribution in [0.3, 0.4) is 0 Å². The van der Waals surface area contributed by atoms with Gasteiger partial charge in [-0.05, 0) is 17.9 Å². The van der Waals surface area contributed by atoms with E-state index < -0.39 is 0 Å². The van der Waals surface area contributed by atoms with Crippen LogP contribution < -0.4 is 5.32 Å². The molecule has 2 N–H and O–H groups in total. The summed E-state index contributed by atoms with van der Waals surface area (Å²) in [7, 11) is 0. The molecular weight excluding hydrogens is 248 g/mol. The second kappa shape index (κ2) is 5.47. The second-order valence-corrected chi connectivity index (χ2v) is 4.96. The van der Waals surface area contributed by atoms with Crippen LogP contribution in [0.25, 0.3) is 21.7 Å². The minimum absolute atomic E-state index is 0.0343. The van der Waals surface area contributed by atoms with Gasteiger partial charge in [-0.3, -0.25) is 0 Å². The van der Waals surface area contributed by atoms with Gasteiger partial charge in [0.1, 0.15) is 5.82 Å². The summed E-state index contributed by atoms with van der Waals surface area (Å²) in [5.41, 5.74) is 0.974. The number of aliphatic hydroxyl groups excluding tert-OH is 1. The number of anilines is 1. The van der Waals surface area contributed by atoms with E-state index in [9.17, 15) is 5.11 Å². The molecule has 0 aliphatic carbocycles. The highest BCUT2D eigenvalue weighted by molar-refractivity contribution is 6.09. The summed E-state index contributed by atoms with van der Waals surface area (Å²) in [6.07, 6.45) is 0.860. The van der Waals surface area contributed by atoms with Crippen LogP contribution in [0.15, 0.2) is 48.5 Å². The maximum atomic E-state index is 9.38. The van der Waals surface area contributed by atoms with Crippen molar-refractivity contribution in [3.63, 3.8) is 0 Å². The maximum Gasteiger partial charge on any atom is 0.134 e. The molecule has 1 heterocycles. The number of hydrogen-bond donors (Lipinski definition) is 2. The Hall–Kier alpha value is -2.13. The van der Waals surface area contributed by atoms with Gasteiger partial charge in [-0.25, -0.2) is 4.98 Å². The molecule has 0 saturated carbocycles. The average molecular weight is 266 g/mol. The van der Waals surface area contributed by atoms with Gasteiger partial charge < -0.3 is 10.4 Å². The van der Waals surface area contributed by atoms with Gasteiger partial charge in [0.2, 0.25) is 0 Å². The second-order valence-electron chi connectivity index (χ2n) is 4.96. The number of fused-ring (bicyclic) bond motifs is 3. The Morgan fingerprint density at radius 3 is 2.35 bits per heavy atom. The Kier molecular flexibility index (Phi) is 3.52. The first-order valence-corrected chi connectivity index (χ1v) is 6.98. The van der Waals surface area contributed by atoms with Crippen molar-refractivity contribution in [2.24, 2.45) is 0 Å². The summed E-state index contributed by atoms with van der Waals surface area (Å²) in [6.45, 7) is 2.16. The number of nitrogens with one attached hydrogen (secondary N) is 1. The number of hydrogen-bond acceptors (Lipinski definition) is 3. The third-order valence-corrected chi connectivity index (χ3v) is 3.66. The summed E-state index contributed by atoms with van der Waals surface area (Å²) in [5, 5.41) is 16.2. The Morgan fingerprint density at radius 2 is 1.65 bits per heavy atom. The minimum atomic E-state index is 0.0343. The number of rotatable bonds is 4. The standard InChI is InChI=1S/C17H18N2O/c1-2-12(11-20)18-17-15-9-4-3-7-13(15)14-8-5-6-10-16(14)19-17/h3-10,12,20H,2,11H2,1H3,(H,18,19)/t12-/m1/s1. The highest BCUT2D eigenvalue weighted by Crippen LogP contribution is 2.29. The lowest BCUT2D eigenvalue weighted by Crippen LogP contribution is -2.23. The molecule has 0 radical (unpaired) electrons. The van der Waals surface area contributed by atoms with Gasteiger partial charge in [0, 0.05) is 10.8 Å². The van der Waals surface area contributed by atoms with Crippen LogP contribution in [0.4, 0.5) is 5.82 Å². The molecule has 0 saturated heterocycles. The number of pyridine rings is 1. The molecule has 1 aromatic heterocycles. The van der Waals surface area contributed by atoms with Crippen molar-refractivity contribution in [1.82, 2.24) is 4.98 Å². The van der Waals surface area contributed by atoms with E-state index in [4.69, 9.17) is 4.98 Å². The van der Waals surface area contributed by atoms with Crippen molar-refractivity contribution in [3.8, 4) is 0 Å². The van der Waals surface area contributed by atoms with Crippen molar-refractivity contribution in [3.05, 3.63) is 48.5 Å². The Balaban J connectivity index is 2.23. The van der Waals surface area contributed by atoms with Gasteiger partial charge in [-0.15, -0.1) is 0 Å². The molecule has 1 atom stereocenters. The van der Waals surface area contributed by atoms with Crippen molar-refractivity contribution < 1.29 is 5.11 Å². The predicted octanol–water partition coefficient (Wildman–Crippen LogP) is 3.57. The van der Waals surface area contributed by atoms with Gasteiger partial charge in [0.05, 0.1) is 18.2 Å². The topological polar surface area (TPSA) is 45.1 Å². The van der Waals surface area contributed by atoms with E-state index in [0.29, 0.717) is 0 Å². The fourth-order valence-electron chi connectivity index (χ4n) is 2.48. The molecule has 3 aromatic rings. The molecule has 3 nitrogen and oxygen atoms in total. The van der Waals surface area contributed by atoms with E-state index in [1.807, 2.05) is 30.3 Å². The van der Waals surface area contributed by atoms with E-state index in [2.05, 4.69) is 30.4 Å². The first-order valence-electron chi connectivity index (χ1n) is 6.98. The van der Waals surface area contributed by atoms with Gasteiger partial charge in [-0.1, -0.05) is 49.4 Å². The smallest absolute Gasteiger partial charge is 0.134 e. The zero-order valence-corrected chi connectivity index (χ0v) is 11.5. The third kappa shape index (κ3) is 2.21. The van der Waals surface area contributed by atoms with Gasteiger partial charge in [0.15, 0.2) is 0 Å². The molecular formula is C17H18N2O.